The number of para-hydroxylation sites is 2. The lowest BCUT2D eigenvalue weighted by atomic mass is 9.96. The number of amides is 1. The smallest absolute Gasteiger partial charge is 0.225 e. The second-order valence-electron chi connectivity index (χ2n) is 8.32. The van der Waals surface area contributed by atoms with Crippen LogP contribution < -0.4 is 10.1 Å². The summed E-state index contributed by atoms with van der Waals surface area (Å²) in [6, 6.07) is 11.9. The minimum absolute atomic E-state index is 0.000490. The van der Waals surface area contributed by atoms with Crippen molar-refractivity contribution >= 4 is 28.5 Å². The summed E-state index contributed by atoms with van der Waals surface area (Å²) in [5.41, 5.74) is 3.50. The average Bonchev–Trinajstić information content (AvgIpc) is 3.01. The summed E-state index contributed by atoms with van der Waals surface area (Å²) in [6.45, 7) is 11.1. The van der Waals surface area contributed by atoms with E-state index in [2.05, 4.69) is 9.88 Å². The highest BCUT2D eigenvalue weighted by Gasteiger charge is 2.21. The second kappa shape index (κ2) is 8.46. The van der Waals surface area contributed by atoms with Crippen LogP contribution in [0.4, 0.5) is 0 Å². The van der Waals surface area contributed by atoms with Crippen molar-refractivity contribution in [2.24, 2.45) is 5.41 Å². The normalized spacial score (nSPS) is 11.7. The second-order valence-corrected chi connectivity index (χ2v) is 8.70. The molecule has 3 rings (SSSR count). The standard InChI is InChI=1S/C23H28ClN3O2/c1-15-12-17(13-16(2)21(15)24)29-11-10-27-19-9-7-6-8-18(19)26-20(27)14-25-22(28)23(3,4)5/h6-9,12-13H,10-11,14H2,1-5H3,(H,25,28). The van der Waals surface area contributed by atoms with Crippen LogP contribution in [0.25, 0.3) is 11.0 Å². The number of carbonyl (C=O) groups excluding carboxylic acids is 1. The Kier molecular flexibility index (Phi) is 6.18. The first-order valence-electron chi connectivity index (χ1n) is 9.79. The topological polar surface area (TPSA) is 56.1 Å². The minimum Gasteiger partial charge on any atom is -0.492 e. The maximum absolute atomic E-state index is 12.3. The van der Waals surface area contributed by atoms with Crippen LogP contribution in [-0.4, -0.2) is 22.1 Å². The molecule has 0 spiro atoms. The molecule has 0 aliphatic carbocycles. The maximum atomic E-state index is 12.3. The van der Waals surface area contributed by atoms with E-state index in [1.807, 2.05) is 71.0 Å². The average molecular weight is 414 g/mol. The highest BCUT2D eigenvalue weighted by molar-refractivity contribution is 6.32. The molecule has 1 aromatic heterocycles. The van der Waals surface area contributed by atoms with Crippen LogP contribution >= 0.6 is 11.6 Å². The van der Waals surface area contributed by atoms with E-state index in [0.29, 0.717) is 19.7 Å². The lowest BCUT2D eigenvalue weighted by Crippen LogP contribution is -2.35. The van der Waals surface area contributed by atoms with E-state index in [-0.39, 0.29) is 5.91 Å². The van der Waals surface area contributed by atoms with E-state index in [4.69, 9.17) is 21.3 Å². The number of halogens is 1. The number of hydrogen-bond acceptors (Lipinski definition) is 3. The van der Waals surface area contributed by atoms with Gasteiger partial charge in [-0.1, -0.05) is 44.5 Å². The Morgan fingerprint density at radius 2 is 1.83 bits per heavy atom. The van der Waals surface area contributed by atoms with Gasteiger partial charge in [-0.2, -0.15) is 0 Å². The monoisotopic (exact) mass is 413 g/mol. The third kappa shape index (κ3) is 4.91. The molecule has 1 N–H and O–H groups in total. The highest BCUT2D eigenvalue weighted by atomic mass is 35.5. The molecule has 0 atom stereocenters. The molecule has 0 radical (unpaired) electrons. The van der Waals surface area contributed by atoms with Crippen LogP contribution in [0.5, 0.6) is 5.75 Å². The Morgan fingerprint density at radius 3 is 2.48 bits per heavy atom. The third-order valence-corrected chi connectivity index (χ3v) is 5.41. The van der Waals surface area contributed by atoms with Gasteiger partial charge >= 0.3 is 0 Å². The van der Waals surface area contributed by atoms with Crippen LogP contribution in [0.3, 0.4) is 0 Å². The lowest BCUT2D eigenvalue weighted by Gasteiger charge is -2.18. The molecule has 0 bridgehead atoms. The zero-order valence-corrected chi connectivity index (χ0v) is 18.4. The molecule has 154 valence electrons. The fourth-order valence-electron chi connectivity index (χ4n) is 3.18. The first-order valence-corrected chi connectivity index (χ1v) is 10.2. The van der Waals surface area contributed by atoms with Crippen molar-refractivity contribution < 1.29 is 9.53 Å². The Morgan fingerprint density at radius 1 is 1.17 bits per heavy atom. The van der Waals surface area contributed by atoms with Gasteiger partial charge in [0.15, 0.2) is 0 Å². The van der Waals surface area contributed by atoms with E-state index in [1.54, 1.807) is 0 Å². The SMILES string of the molecule is Cc1cc(OCCn2c(CNC(=O)C(C)(C)C)nc3ccccc32)cc(C)c1Cl. The number of aryl methyl sites for hydroxylation is 2. The number of hydrogen-bond donors (Lipinski definition) is 1. The van der Waals surface area contributed by atoms with Gasteiger partial charge < -0.3 is 14.6 Å². The van der Waals surface area contributed by atoms with Gasteiger partial charge in [0, 0.05) is 10.4 Å². The highest BCUT2D eigenvalue weighted by Crippen LogP contribution is 2.26. The molecule has 0 saturated carbocycles. The van der Waals surface area contributed by atoms with E-state index in [1.165, 1.54) is 0 Å². The molecule has 29 heavy (non-hydrogen) atoms. The number of carbonyl (C=O) groups is 1. The van der Waals surface area contributed by atoms with Crippen molar-refractivity contribution in [2.45, 2.75) is 47.7 Å². The summed E-state index contributed by atoms with van der Waals surface area (Å²) in [7, 11) is 0. The number of ether oxygens (including phenoxy) is 1. The third-order valence-electron chi connectivity index (χ3n) is 4.82. The Balaban J connectivity index is 1.76. The van der Waals surface area contributed by atoms with Gasteiger partial charge in [-0.05, 0) is 49.2 Å². The molecular formula is C23H28ClN3O2. The van der Waals surface area contributed by atoms with E-state index < -0.39 is 5.41 Å². The van der Waals surface area contributed by atoms with Crippen LogP contribution in [0.15, 0.2) is 36.4 Å². The molecule has 0 unspecified atom stereocenters. The fourth-order valence-corrected chi connectivity index (χ4v) is 3.29. The van der Waals surface area contributed by atoms with Gasteiger partial charge in [-0.25, -0.2) is 4.98 Å². The number of benzene rings is 2. The van der Waals surface area contributed by atoms with Gasteiger partial charge in [-0.3, -0.25) is 4.79 Å². The Bertz CT molecular complexity index is 1010. The van der Waals surface area contributed by atoms with Gasteiger partial charge in [-0.15, -0.1) is 0 Å². The number of nitrogens with one attached hydrogen (secondary N) is 1. The van der Waals surface area contributed by atoms with Crippen molar-refractivity contribution in [2.75, 3.05) is 6.61 Å². The summed E-state index contributed by atoms with van der Waals surface area (Å²) in [6.07, 6.45) is 0. The van der Waals surface area contributed by atoms with Gasteiger partial charge in [0.1, 0.15) is 18.2 Å². The first kappa shape index (κ1) is 21.2. The summed E-state index contributed by atoms with van der Waals surface area (Å²) < 4.78 is 8.09. The molecule has 1 amide bonds. The molecule has 0 fully saturated rings. The summed E-state index contributed by atoms with van der Waals surface area (Å²) in [5.74, 6) is 1.62. The van der Waals surface area contributed by atoms with Gasteiger partial charge in [0.05, 0.1) is 24.1 Å². The van der Waals surface area contributed by atoms with Crippen molar-refractivity contribution in [3.8, 4) is 5.75 Å². The molecule has 1 heterocycles. The predicted octanol–water partition coefficient (Wildman–Crippen LogP) is 5.05. The quantitative estimate of drug-likeness (QED) is 0.615. The van der Waals surface area contributed by atoms with Gasteiger partial charge in [0.25, 0.3) is 0 Å². The molecule has 0 aliphatic rings. The molecule has 2 aromatic carbocycles. The number of fused-ring (bicyclic) bond motifs is 1. The predicted molar refractivity (Wildman–Crippen MR) is 117 cm³/mol. The Labute approximate surface area is 177 Å². The fraction of sp³-hybridized carbons (Fsp3) is 0.391. The summed E-state index contributed by atoms with van der Waals surface area (Å²) >= 11 is 6.24. The summed E-state index contributed by atoms with van der Waals surface area (Å²) in [4.78, 5) is 17.0. The van der Waals surface area contributed by atoms with E-state index >= 15 is 0 Å². The number of nitrogens with zero attached hydrogens (tertiary/aromatic N) is 2. The number of rotatable bonds is 6. The molecule has 6 heteroatoms. The van der Waals surface area contributed by atoms with E-state index in [0.717, 1.165) is 38.8 Å². The van der Waals surface area contributed by atoms with Crippen LogP contribution in [0.2, 0.25) is 5.02 Å². The molecule has 0 saturated heterocycles. The molecule has 5 nitrogen and oxygen atoms in total. The van der Waals surface area contributed by atoms with E-state index in [9.17, 15) is 4.79 Å². The van der Waals surface area contributed by atoms with Gasteiger partial charge in [0.2, 0.25) is 5.91 Å². The molecule has 3 aromatic rings. The zero-order chi connectivity index (χ0) is 21.2. The zero-order valence-electron chi connectivity index (χ0n) is 17.7. The van der Waals surface area contributed by atoms with Crippen molar-refractivity contribution in [1.82, 2.24) is 14.9 Å². The number of imidazole rings is 1. The summed E-state index contributed by atoms with van der Waals surface area (Å²) in [5, 5.41) is 3.76. The Hall–Kier alpha value is -2.53. The van der Waals surface area contributed by atoms with Crippen LogP contribution in [0.1, 0.15) is 37.7 Å². The van der Waals surface area contributed by atoms with Crippen molar-refractivity contribution in [3.05, 3.63) is 58.4 Å². The first-order chi connectivity index (χ1) is 13.7. The molecular weight excluding hydrogens is 386 g/mol. The lowest BCUT2D eigenvalue weighted by molar-refractivity contribution is -0.128. The van der Waals surface area contributed by atoms with Crippen molar-refractivity contribution in [3.63, 3.8) is 0 Å². The van der Waals surface area contributed by atoms with Crippen molar-refractivity contribution in [1.29, 1.82) is 0 Å². The number of aromatic nitrogens is 2. The van der Waals surface area contributed by atoms with Crippen LogP contribution in [-0.2, 0) is 17.9 Å². The minimum atomic E-state index is -0.440. The van der Waals surface area contributed by atoms with Crippen LogP contribution in [0, 0.1) is 19.3 Å². The largest absolute Gasteiger partial charge is 0.492 e. The molecule has 0 aliphatic heterocycles. The maximum Gasteiger partial charge on any atom is 0.225 e.